The summed E-state index contributed by atoms with van der Waals surface area (Å²) in [5.74, 6) is -0.964. The summed E-state index contributed by atoms with van der Waals surface area (Å²) in [5, 5.41) is 18.5. The summed E-state index contributed by atoms with van der Waals surface area (Å²) in [6.07, 6.45) is 0. The third kappa shape index (κ3) is 2.44. The standard InChI is InChI=1S/C15H10ClNO2/c1-9-12(3-2-4-13(9)15(18)19)10-5-6-14(16)11(7-10)8-17/h2-7H,1H3,(H,18,19). The highest BCUT2D eigenvalue weighted by Crippen LogP contribution is 2.28. The van der Waals surface area contributed by atoms with E-state index < -0.39 is 5.97 Å². The van der Waals surface area contributed by atoms with Crippen molar-refractivity contribution in [3.8, 4) is 17.2 Å². The Bertz CT molecular complexity index is 702. The van der Waals surface area contributed by atoms with E-state index in [9.17, 15) is 4.79 Å². The molecule has 0 saturated carbocycles. The van der Waals surface area contributed by atoms with Crippen LogP contribution in [0.5, 0.6) is 0 Å². The monoisotopic (exact) mass is 271 g/mol. The molecule has 0 heterocycles. The Kier molecular flexibility index (Phi) is 3.55. The van der Waals surface area contributed by atoms with Crippen molar-refractivity contribution in [3.63, 3.8) is 0 Å². The van der Waals surface area contributed by atoms with E-state index >= 15 is 0 Å². The molecule has 0 aliphatic rings. The van der Waals surface area contributed by atoms with Crippen molar-refractivity contribution >= 4 is 17.6 Å². The van der Waals surface area contributed by atoms with E-state index in [4.69, 9.17) is 22.0 Å². The van der Waals surface area contributed by atoms with Gasteiger partial charge in [-0.15, -0.1) is 0 Å². The number of carboxylic acids is 1. The van der Waals surface area contributed by atoms with Gasteiger partial charge >= 0.3 is 5.97 Å². The van der Waals surface area contributed by atoms with E-state index in [0.29, 0.717) is 16.1 Å². The Morgan fingerprint density at radius 3 is 2.68 bits per heavy atom. The fourth-order valence-corrected chi connectivity index (χ4v) is 2.12. The molecule has 4 heteroatoms. The third-order valence-corrected chi connectivity index (χ3v) is 3.29. The highest BCUT2D eigenvalue weighted by atomic mass is 35.5. The van der Waals surface area contributed by atoms with E-state index in [1.54, 1.807) is 37.3 Å². The largest absolute Gasteiger partial charge is 0.478 e. The van der Waals surface area contributed by atoms with Crippen molar-refractivity contribution in [3.05, 3.63) is 58.1 Å². The van der Waals surface area contributed by atoms with Crippen LogP contribution in [-0.2, 0) is 0 Å². The lowest BCUT2D eigenvalue weighted by Gasteiger charge is -2.09. The van der Waals surface area contributed by atoms with Gasteiger partial charge in [-0.05, 0) is 41.8 Å². The van der Waals surface area contributed by atoms with Crippen LogP contribution in [0.4, 0.5) is 0 Å². The topological polar surface area (TPSA) is 61.1 Å². The highest BCUT2D eigenvalue weighted by Gasteiger charge is 2.12. The molecule has 0 unspecified atom stereocenters. The van der Waals surface area contributed by atoms with Crippen molar-refractivity contribution in [1.29, 1.82) is 5.26 Å². The van der Waals surface area contributed by atoms with Gasteiger partial charge in [-0.1, -0.05) is 29.8 Å². The summed E-state index contributed by atoms with van der Waals surface area (Å²) in [4.78, 5) is 11.1. The second kappa shape index (κ2) is 5.13. The van der Waals surface area contributed by atoms with Gasteiger partial charge in [0.1, 0.15) is 6.07 Å². The maximum atomic E-state index is 11.1. The van der Waals surface area contributed by atoms with Crippen LogP contribution in [0, 0.1) is 18.3 Å². The van der Waals surface area contributed by atoms with Gasteiger partial charge in [-0.3, -0.25) is 0 Å². The fourth-order valence-electron chi connectivity index (χ4n) is 1.96. The summed E-state index contributed by atoms with van der Waals surface area (Å²) in [6.45, 7) is 1.75. The first-order chi connectivity index (χ1) is 9.04. The molecule has 0 aliphatic heterocycles. The predicted octanol–water partition coefficient (Wildman–Crippen LogP) is 3.89. The number of nitrogens with zero attached hydrogens (tertiary/aromatic N) is 1. The molecule has 1 N–H and O–H groups in total. The van der Waals surface area contributed by atoms with Crippen LogP contribution in [0.25, 0.3) is 11.1 Å². The SMILES string of the molecule is Cc1c(C(=O)O)cccc1-c1ccc(Cl)c(C#N)c1. The van der Waals surface area contributed by atoms with Crippen LogP contribution in [0.2, 0.25) is 5.02 Å². The molecule has 0 spiro atoms. The zero-order valence-corrected chi connectivity index (χ0v) is 10.9. The van der Waals surface area contributed by atoms with Gasteiger partial charge in [-0.25, -0.2) is 4.79 Å². The molecular formula is C15H10ClNO2. The van der Waals surface area contributed by atoms with Gasteiger partial charge in [0.2, 0.25) is 0 Å². The lowest BCUT2D eigenvalue weighted by Crippen LogP contribution is -2.00. The van der Waals surface area contributed by atoms with E-state index in [0.717, 1.165) is 11.1 Å². The number of benzene rings is 2. The number of hydrogen-bond acceptors (Lipinski definition) is 2. The molecule has 2 aromatic rings. The first-order valence-corrected chi connectivity index (χ1v) is 5.95. The van der Waals surface area contributed by atoms with Gasteiger partial charge in [0.25, 0.3) is 0 Å². The Labute approximate surface area is 115 Å². The molecule has 0 bridgehead atoms. The quantitative estimate of drug-likeness (QED) is 0.901. The van der Waals surface area contributed by atoms with Crippen LogP contribution in [0.3, 0.4) is 0 Å². The van der Waals surface area contributed by atoms with Crippen LogP contribution in [0.1, 0.15) is 21.5 Å². The summed E-state index contributed by atoms with van der Waals surface area (Å²) in [6, 6.07) is 12.2. The maximum absolute atomic E-state index is 11.1. The van der Waals surface area contributed by atoms with Crippen LogP contribution < -0.4 is 0 Å². The van der Waals surface area contributed by atoms with Crippen LogP contribution in [0.15, 0.2) is 36.4 Å². The Morgan fingerprint density at radius 1 is 1.32 bits per heavy atom. The van der Waals surface area contributed by atoms with Gasteiger partial charge in [-0.2, -0.15) is 5.26 Å². The third-order valence-electron chi connectivity index (χ3n) is 2.96. The zero-order valence-electron chi connectivity index (χ0n) is 10.1. The first kappa shape index (κ1) is 13.1. The molecule has 2 aromatic carbocycles. The summed E-state index contributed by atoms with van der Waals surface area (Å²) < 4.78 is 0. The smallest absolute Gasteiger partial charge is 0.335 e. The second-order valence-corrected chi connectivity index (χ2v) is 4.50. The molecule has 2 rings (SSSR count). The van der Waals surface area contributed by atoms with Crippen molar-refractivity contribution in [2.75, 3.05) is 0 Å². The average molecular weight is 272 g/mol. The number of halogens is 1. The van der Waals surface area contributed by atoms with Gasteiger partial charge in [0.15, 0.2) is 0 Å². The van der Waals surface area contributed by atoms with Crippen molar-refractivity contribution in [1.82, 2.24) is 0 Å². The number of hydrogen-bond donors (Lipinski definition) is 1. The molecular weight excluding hydrogens is 262 g/mol. The summed E-state index contributed by atoms with van der Waals surface area (Å²) >= 11 is 5.89. The number of aromatic carboxylic acids is 1. The lowest BCUT2D eigenvalue weighted by molar-refractivity contribution is 0.0696. The predicted molar refractivity (Wildman–Crippen MR) is 73.3 cm³/mol. The van der Waals surface area contributed by atoms with Crippen molar-refractivity contribution in [2.45, 2.75) is 6.92 Å². The average Bonchev–Trinajstić information content (AvgIpc) is 2.39. The van der Waals surface area contributed by atoms with Crippen LogP contribution >= 0.6 is 11.6 Å². The second-order valence-electron chi connectivity index (χ2n) is 4.09. The lowest BCUT2D eigenvalue weighted by atomic mass is 9.95. The molecule has 19 heavy (non-hydrogen) atoms. The maximum Gasteiger partial charge on any atom is 0.335 e. The van der Waals surface area contributed by atoms with Gasteiger partial charge in [0.05, 0.1) is 16.1 Å². The zero-order chi connectivity index (χ0) is 14.0. The molecule has 0 saturated heterocycles. The Morgan fingerprint density at radius 2 is 2.05 bits per heavy atom. The fraction of sp³-hybridized carbons (Fsp3) is 0.0667. The molecule has 0 radical (unpaired) electrons. The summed E-state index contributed by atoms with van der Waals surface area (Å²) in [7, 11) is 0. The molecule has 3 nitrogen and oxygen atoms in total. The van der Waals surface area contributed by atoms with Crippen LogP contribution in [-0.4, -0.2) is 11.1 Å². The molecule has 0 atom stereocenters. The van der Waals surface area contributed by atoms with Crippen molar-refractivity contribution in [2.24, 2.45) is 0 Å². The summed E-state index contributed by atoms with van der Waals surface area (Å²) in [5.41, 5.74) is 2.86. The number of carboxylic acid groups (broad SMARTS) is 1. The van der Waals surface area contributed by atoms with E-state index in [1.165, 1.54) is 0 Å². The molecule has 0 fully saturated rings. The normalized spacial score (nSPS) is 9.95. The minimum absolute atomic E-state index is 0.256. The Balaban J connectivity index is 2.63. The number of rotatable bonds is 2. The molecule has 0 aromatic heterocycles. The van der Waals surface area contributed by atoms with Gasteiger partial charge < -0.3 is 5.11 Å². The Hall–Kier alpha value is -2.31. The minimum atomic E-state index is -0.964. The van der Waals surface area contributed by atoms with Crippen molar-refractivity contribution < 1.29 is 9.90 Å². The van der Waals surface area contributed by atoms with Gasteiger partial charge in [0, 0.05) is 0 Å². The number of carbonyl (C=O) groups is 1. The van der Waals surface area contributed by atoms with E-state index in [1.807, 2.05) is 12.1 Å². The molecule has 0 amide bonds. The highest BCUT2D eigenvalue weighted by molar-refractivity contribution is 6.31. The molecule has 94 valence electrons. The number of nitriles is 1. The molecule has 0 aliphatic carbocycles. The minimum Gasteiger partial charge on any atom is -0.478 e. The van der Waals surface area contributed by atoms with E-state index in [-0.39, 0.29) is 5.56 Å². The van der Waals surface area contributed by atoms with E-state index in [2.05, 4.69) is 0 Å². The first-order valence-electron chi connectivity index (χ1n) is 5.57.